The van der Waals surface area contributed by atoms with E-state index in [1.165, 1.54) is 20.8 Å². The van der Waals surface area contributed by atoms with Gasteiger partial charge in [-0.05, 0) is 12.1 Å². The van der Waals surface area contributed by atoms with E-state index in [0.717, 1.165) is 0 Å². The zero-order valence-corrected chi connectivity index (χ0v) is 11.6. The van der Waals surface area contributed by atoms with Crippen LogP contribution in [0.15, 0.2) is 30.0 Å². The predicted molar refractivity (Wildman–Crippen MR) is 68.6 cm³/mol. The molecule has 0 aliphatic rings. The molecule has 2 nitrogen and oxygen atoms in total. The molecule has 0 radical (unpaired) electrons. The van der Waals surface area contributed by atoms with Crippen LogP contribution in [0.5, 0.6) is 0 Å². The Bertz CT molecular complexity index is 549. The normalized spacial score (nSPS) is 13.2. The summed E-state index contributed by atoms with van der Waals surface area (Å²) in [5.41, 5.74) is -2.82. The molecular weight excluding hydrogens is 293 g/mol. The molecule has 0 bridgehead atoms. The average Bonchev–Trinajstić information content (AvgIpc) is 2.23. The Morgan fingerprint density at radius 1 is 1.05 bits per heavy atom. The van der Waals surface area contributed by atoms with Crippen molar-refractivity contribution >= 4 is 11.5 Å². The first-order chi connectivity index (χ1) is 9.39. The summed E-state index contributed by atoms with van der Waals surface area (Å²) in [7, 11) is 0. The third-order valence-corrected chi connectivity index (χ3v) is 2.46. The Labute approximate surface area is 118 Å². The van der Waals surface area contributed by atoms with Gasteiger partial charge in [-0.3, -0.25) is 4.79 Å². The Balaban J connectivity index is 3.16. The van der Waals surface area contributed by atoms with Crippen molar-refractivity contribution in [3.8, 4) is 0 Å². The van der Waals surface area contributed by atoms with Gasteiger partial charge in [0.1, 0.15) is 17.3 Å². The first-order valence-corrected chi connectivity index (χ1v) is 5.96. The Kier molecular flexibility index (Phi) is 4.76. The van der Waals surface area contributed by atoms with E-state index >= 15 is 0 Å². The van der Waals surface area contributed by atoms with Gasteiger partial charge in [0.25, 0.3) is 0 Å². The molecule has 0 saturated carbocycles. The third kappa shape index (κ3) is 5.17. The number of allylic oxidation sites excluding steroid dienone is 2. The first-order valence-electron chi connectivity index (χ1n) is 5.96. The van der Waals surface area contributed by atoms with Gasteiger partial charge in [0.05, 0.1) is 0 Å². The number of anilines is 1. The number of hydrogen-bond acceptors (Lipinski definition) is 2. The lowest BCUT2D eigenvalue weighted by Gasteiger charge is -2.18. The van der Waals surface area contributed by atoms with Crippen LogP contribution in [0, 0.1) is 17.0 Å². The van der Waals surface area contributed by atoms with E-state index in [2.05, 4.69) is 0 Å². The Morgan fingerprint density at radius 3 is 1.90 bits per heavy atom. The fraction of sp³-hybridized carbons (Fsp3) is 0.357. The number of nitrogens with one attached hydrogen (secondary N) is 1. The van der Waals surface area contributed by atoms with Gasteiger partial charge in [0.2, 0.25) is 0 Å². The Hall–Kier alpha value is -1.92. The second-order valence-corrected chi connectivity index (χ2v) is 5.45. The molecule has 0 atom stereocenters. The maximum atomic E-state index is 13.0. The number of hydrogen-bond donors (Lipinski definition) is 1. The van der Waals surface area contributed by atoms with Crippen LogP contribution in [0.25, 0.3) is 0 Å². The molecule has 0 spiro atoms. The van der Waals surface area contributed by atoms with Crippen LogP contribution in [0.3, 0.4) is 0 Å². The van der Waals surface area contributed by atoms with Gasteiger partial charge in [0, 0.05) is 23.2 Å². The lowest BCUT2D eigenvalue weighted by molar-refractivity contribution is -0.122. The van der Waals surface area contributed by atoms with Crippen LogP contribution < -0.4 is 5.32 Å². The average molecular weight is 307 g/mol. The molecule has 0 fully saturated rings. The molecule has 1 aromatic rings. The molecule has 0 aliphatic carbocycles. The molecule has 0 aromatic heterocycles. The summed E-state index contributed by atoms with van der Waals surface area (Å²) >= 11 is 0. The summed E-state index contributed by atoms with van der Waals surface area (Å²) in [4.78, 5) is 11.7. The van der Waals surface area contributed by atoms with Crippen molar-refractivity contribution in [2.24, 2.45) is 5.41 Å². The van der Waals surface area contributed by atoms with Crippen LogP contribution in [0.4, 0.5) is 27.6 Å². The van der Waals surface area contributed by atoms with Crippen molar-refractivity contribution in [1.82, 2.24) is 0 Å². The molecule has 0 saturated heterocycles. The minimum Gasteiger partial charge on any atom is -0.351 e. The van der Waals surface area contributed by atoms with Crippen molar-refractivity contribution in [3.63, 3.8) is 0 Å². The maximum Gasteiger partial charge on any atom is 0.431 e. The number of halogens is 5. The molecule has 0 unspecified atom stereocenters. The minimum atomic E-state index is -4.86. The van der Waals surface area contributed by atoms with Crippen LogP contribution in [-0.2, 0) is 4.79 Å². The molecular formula is C14H14F5NO. The highest BCUT2D eigenvalue weighted by molar-refractivity contribution is 5.95. The third-order valence-electron chi connectivity index (χ3n) is 2.46. The molecule has 116 valence electrons. The largest absolute Gasteiger partial charge is 0.431 e. The van der Waals surface area contributed by atoms with Crippen molar-refractivity contribution in [2.45, 2.75) is 26.9 Å². The fourth-order valence-corrected chi connectivity index (χ4v) is 1.32. The fourth-order valence-electron chi connectivity index (χ4n) is 1.32. The van der Waals surface area contributed by atoms with Crippen LogP contribution in [-0.4, -0.2) is 12.0 Å². The second kappa shape index (κ2) is 5.83. The van der Waals surface area contributed by atoms with Crippen LogP contribution in [0.1, 0.15) is 20.8 Å². The molecule has 1 aromatic carbocycles. The summed E-state index contributed by atoms with van der Waals surface area (Å²) in [6, 6.07) is 1.93. The van der Waals surface area contributed by atoms with Crippen LogP contribution in [0.2, 0.25) is 0 Å². The first kappa shape index (κ1) is 17.1. The predicted octanol–water partition coefficient (Wildman–Crippen LogP) is 4.44. The minimum absolute atomic E-state index is 0.392. The van der Waals surface area contributed by atoms with Gasteiger partial charge in [-0.25, -0.2) is 8.78 Å². The monoisotopic (exact) mass is 307 g/mol. The van der Waals surface area contributed by atoms with E-state index in [1.54, 1.807) is 0 Å². The van der Waals surface area contributed by atoms with E-state index in [1.807, 2.05) is 5.32 Å². The summed E-state index contributed by atoms with van der Waals surface area (Å²) in [5, 5.41) is 1.84. The SMILES string of the molecule is CC(C)(C)C(=O)C=C(Nc1cc(F)cc(F)c1)C(F)(F)F. The topological polar surface area (TPSA) is 29.1 Å². The van der Waals surface area contributed by atoms with Gasteiger partial charge < -0.3 is 5.32 Å². The van der Waals surface area contributed by atoms with Gasteiger partial charge in [-0.2, -0.15) is 13.2 Å². The van der Waals surface area contributed by atoms with Crippen LogP contribution >= 0.6 is 0 Å². The highest BCUT2D eigenvalue weighted by atomic mass is 19.4. The van der Waals surface area contributed by atoms with Gasteiger partial charge >= 0.3 is 6.18 Å². The van der Waals surface area contributed by atoms with Gasteiger partial charge in [0.15, 0.2) is 5.78 Å². The number of benzene rings is 1. The number of carbonyl (C=O) groups is 1. The highest BCUT2D eigenvalue weighted by Crippen LogP contribution is 2.29. The lowest BCUT2D eigenvalue weighted by atomic mass is 9.90. The number of ketones is 1. The lowest BCUT2D eigenvalue weighted by Crippen LogP contribution is -2.24. The highest BCUT2D eigenvalue weighted by Gasteiger charge is 2.36. The molecule has 21 heavy (non-hydrogen) atoms. The zero-order valence-electron chi connectivity index (χ0n) is 11.6. The molecule has 0 heterocycles. The summed E-state index contributed by atoms with van der Waals surface area (Å²) < 4.78 is 64.6. The molecule has 1 rings (SSSR count). The van der Waals surface area contributed by atoms with Gasteiger partial charge in [-0.15, -0.1) is 0 Å². The smallest absolute Gasteiger partial charge is 0.351 e. The van der Waals surface area contributed by atoms with E-state index in [4.69, 9.17) is 0 Å². The molecule has 1 N–H and O–H groups in total. The van der Waals surface area contributed by atoms with Crippen molar-refractivity contribution in [3.05, 3.63) is 41.6 Å². The van der Waals surface area contributed by atoms with E-state index in [0.29, 0.717) is 24.3 Å². The van der Waals surface area contributed by atoms with E-state index < -0.39 is 40.4 Å². The number of rotatable bonds is 3. The quantitative estimate of drug-likeness (QED) is 0.661. The molecule has 0 amide bonds. The van der Waals surface area contributed by atoms with E-state index in [-0.39, 0.29) is 0 Å². The number of carbonyl (C=O) groups excluding carboxylic acids is 1. The number of alkyl halides is 3. The Morgan fingerprint density at radius 2 is 1.52 bits per heavy atom. The van der Waals surface area contributed by atoms with Crippen molar-refractivity contribution < 1.29 is 26.7 Å². The standard InChI is InChI=1S/C14H14F5NO/c1-13(2,3)12(21)7-11(14(17,18)19)20-10-5-8(15)4-9(16)6-10/h4-7,20H,1-3H3. The van der Waals surface area contributed by atoms with Crippen molar-refractivity contribution in [1.29, 1.82) is 0 Å². The second-order valence-electron chi connectivity index (χ2n) is 5.45. The zero-order chi connectivity index (χ0) is 16.4. The van der Waals surface area contributed by atoms with Crippen molar-refractivity contribution in [2.75, 3.05) is 5.32 Å². The van der Waals surface area contributed by atoms with E-state index in [9.17, 15) is 26.7 Å². The molecule has 7 heteroatoms. The maximum absolute atomic E-state index is 13.0. The molecule has 0 aliphatic heterocycles. The summed E-state index contributed by atoms with van der Waals surface area (Å²) in [6.45, 7) is 4.38. The summed E-state index contributed by atoms with van der Waals surface area (Å²) in [6.07, 6.45) is -4.47. The van der Waals surface area contributed by atoms with Gasteiger partial charge in [-0.1, -0.05) is 20.8 Å². The summed E-state index contributed by atoms with van der Waals surface area (Å²) in [5.74, 6) is -2.82.